The van der Waals surface area contributed by atoms with E-state index in [-0.39, 0.29) is 28.3 Å². The van der Waals surface area contributed by atoms with E-state index in [1.54, 1.807) is 6.92 Å². The molecule has 2 rings (SSSR count). The minimum absolute atomic E-state index is 0.0357. The van der Waals surface area contributed by atoms with Gasteiger partial charge in [-0.2, -0.15) is 0 Å². The molecule has 0 saturated carbocycles. The number of carboxylic acids is 1. The van der Waals surface area contributed by atoms with Crippen LogP contribution in [0.5, 0.6) is 0 Å². The molecule has 0 aromatic carbocycles. The van der Waals surface area contributed by atoms with Crippen LogP contribution >= 0.6 is 22.9 Å². The Labute approximate surface area is 127 Å². The van der Waals surface area contributed by atoms with Gasteiger partial charge in [-0.1, -0.05) is 11.6 Å². The lowest BCUT2D eigenvalue weighted by Crippen LogP contribution is -2.09. The maximum atomic E-state index is 10.8. The van der Waals surface area contributed by atoms with Gasteiger partial charge in [0, 0.05) is 11.4 Å². The highest BCUT2D eigenvalue weighted by Gasteiger charge is 2.17. The number of thiazole rings is 1. The Hall–Kier alpha value is -2.26. The van der Waals surface area contributed by atoms with Gasteiger partial charge in [-0.25, -0.2) is 14.8 Å². The fourth-order valence-corrected chi connectivity index (χ4v) is 2.50. The summed E-state index contributed by atoms with van der Waals surface area (Å²) in [7, 11) is 0. The molecule has 8 nitrogen and oxygen atoms in total. The van der Waals surface area contributed by atoms with Gasteiger partial charge in [0.2, 0.25) is 0 Å². The second-order valence-corrected chi connectivity index (χ2v) is 5.32. The van der Waals surface area contributed by atoms with Crippen molar-refractivity contribution in [3.63, 3.8) is 0 Å². The van der Waals surface area contributed by atoms with E-state index in [4.69, 9.17) is 16.7 Å². The molecule has 2 N–H and O–H groups in total. The number of hydrogen-bond acceptors (Lipinski definition) is 7. The lowest BCUT2D eigenvalue weighted by atomic mass is 10.3. The summed E-state index contributed by atoms with van der Waals surface area (Å²) >= 11 is 7.11. The highest BCUT2D eigenvalue weighted by atomic mass is 35.5. The Morgan fingerprint density at radius 3 is 2.86 bits per heavy atom. The third-order valence-corrected chi connectivity index (χ3v) is 3.82. The van der Waals surface area contributed by atoms with Gasteiger partial charge in [-0.15, -0.1) is 11.3 Å². The number of aromatic carboxylic acids is 1. The van der Waals surface area contributed by atoms with Crippen molar-refractivity contribution >= 4 is 40.4 Å². The monoisotopic (exact) mass is 328 g/mol. The first-order chi connectivity index (χ1) is 9.88. The zero-order valence-electron chi connectivity index (χ0n) is 10.6. The van der Waals surface area contributed by atoms with Crippen molar-refractivity contribution < 1.29 is 14.8 Å². The van der Waals surface area contributed by atoms with Crippen LogP contribution in [0.1, 0.15) is 28.5 Å². The third kappa shape index (κ3) is 3.44. The molecular weight excluding hydrogens is 320 g/mol. The third-order valence-electron chi connectivity index (χ3n) is 2.50. The van der Waals surface area contributed by atoms with Crippen LogP contribution in [0.25, 0.3) is 0 Å². The van der Waals surface area contributed by atoms with Crippen LogP contribution in [0.2, 0.25) is 5.02 Å². The molecule has 0 amide bonds. The van der Waals surface area contributed by atoms with Crippen molar-refractivity contribution in [1.82, 2.24) is 9.97 Å². The zero-order chi connectivity index (χ0) is 15.6. The number of nitrogens with zero attached hydrogens (tertiary/aromatic N) is 3. The number of pyridine rings is 1. The molecule has 10 heteroatoms. The summed E-state index contributed by atoms with van der Waals surface area (Å²) in [5, 5.41) is 24.4. The van der Waals surface area contributed by atoms with E-state index in [2.05, 4.69) is 15.3 Å². The van der Waals surface area contributed by atoms with Crippen molar-refractivity contribution in [2.75, 3.05) is 5.32 Å². The number of nitro groups is 1. The average molecular weight is 329 g/mol. The Morgan fingerprint density at radius 1 is 1.62 bits per heavy atom. The molecule has 0 saturated heterocycles. The molecule has 0 fully saturated rings. The highest BCUT2D eigenvalue weighted by molar-refractivity contribution is 7.09. The Morgan fingerprint density at radius 2 is 2.33 bits per heavy atom. The second kappa shape index (κ2) is 6.02. The van der Waals surface area contributed by atoms with E-state index in [0.29, 0.717) is 5.01 Å². The molecule has 0 aliphatic heterocycles. The van der Waals surface area contributed by atoms with Gasteiger partial charge in [0.05, 0.1) is 16.0 Å². The van der Waals surface area contributed by atoms with Gasteiger partial charge in [0.25, 0.3) is 5.69 Å². The van der Waals surface area contributed by atoms with E-state index in [9.17, 15) is 14.9 Å². The molecule has 2 aromatic heterocycles. The number of nitrogens with one attached hydrogen (secondary N) is 1. The van der Waals surface area contributed by atoms with Gasteiger partial charge in [0.15, 0.2) is 5.69 Å². The Balaban J connectivity index is 2.17. The lowest BCUT2D eigenvalue weighted by molar-refractivity contribution is -0.385. The minimum atomic E-state index is -1.10. The molecule has 0 spiro atoms. The summed E-state index contributed by atoms with van der Waals surface area (Å²) in [4.78, 5) is 28.6. The Bertz CT molecular complexity index is 705. The summed E-state index contributed by atoms with van der Waals surface area (Å²) in [6.07, 6.45) is 1.09. The SMILES string of the molecule is CC(Nc1ncc([N+](=O)[O-])cc1Cl)c1nc(C(=O)O)cs1. The first-order valence-electron chi connectivity index (χ1n) is 5.63. The average Bonchev–Trinajstić information content (AvgIpc) is 2.90. The van der Waals surface area contributed by atoms with E-state index >= 15 is 0 Å². The standard InChI is InChI=1S/C11H9ClN4O4S/c1-5(10-15-8(4-21-10)11(17)18)14-9-7(12)2-6(3-13-9)16(19)20/h2-5H,1H3,(H,13,14)(H,17,18). The number of rotatable bonds is 5. The summed E-state index contributed by atoms with van der Waals surface area (Å²) in [6, 6.07) is 0.850. The van der Waals surface area contributed by atoms with Crippen molar-refractivity contribution in [1.29, 1.82) is 0 Å². The molecule has 110 valence electrons. The van der Waals surface area contributed by atoms with Crippen LogP contribution in [0.3, 0.4) is 0 Å². The summed E-state index contributed by atoms with van der Waals surface area (Å²) in [5.41, 5.74) is -0.243. The predicted molar refractivity (Wildman–Crippen MR) is 77.0 cm³/mol. The molecule has 0 radical (unpaired) electrons. The van der Waals surface area contributed by atoms with Gasteiger partial charge in [-0.05, 0) is 6.92 Å². The maximum Gasteiger partial charge on any atom is 0.355 e. The first-order valence-corrected chi connectivity index (χ1v) is 6.89. The summed E-state index contributed by atoms with van der Waals surface area (Å²) in [6.45, 7) is 1.75. The van der Waals surface area contributed by atoms with Crippen LogP contribution in [-0.4, -0.2) is 26.0 Å². The molecule has 2 aromatic rings. The number of hydrogen-bond donors (Lipinski definition) is 2. The van der Waals surface area contributed by atoms with Crippen LogP contribution in [-0.2, 0) is 0 Å². The van der Waals surface area contributed by atoms with Gasteiger partial charge in [-0.3, -0.25) is 10.1 Å². The molecule has 0 bridgehead atoms. The van der Waals surface area contributed by atoms with E-state index in [0.717, 1.165) is 6.20 Å². The molecule has 0 aliphatic rings. The molecule has 1 atom stereocenters. The predicted octanol–water partition coefficient (Wildman–Crippen LogP) is 2.97. The van der Waals surface area contributed by atoms with Crippen LogP contribution in [0, 0.1) is 10.1 Å². The summed E-state index contributed by atoms with van der Waals surface area (Å²) in [5.74, 6) is -0.835. The molecule has 2 heterocycles. The Kier molecular flexibility index (Phi) is 4.34. The summed E-state index contributed by atoms with van der Waals surface area (Å²) < 4.78 is 0. The number of carbonyl (C=O) groups is 1. The van der Waals surface area contributed by atoms with Crippen molar-refractivity contribution in [3.05, 3.63) is 43.5 Å². The van der Waals surface area contributed by atoms with E-state index < -0.39 is 10.9 Å². The fourth-order valence-electron chi connectivity index (χ4n) is 1.49. The first kappa shape index (κ1) is 15.1. The topological polar surface area (TPSA) is 118 Å². The van der Waals surface area contributed by atoms with E-state index in [1.165, 1.54) is 22.8 Å². The second-order valence-electron chi connectivity index (χ2n) is 4.02. The minimum Gasteiger partial charge on any atom is -0.476 e. The van der Waals surface area contributed by atoms with Gasteiger partial charge < -0.3 is 10.4 Å². The van der Waals surface area contributed by atoms with Crippen LogP contribution in [0.15, 0.2) is 17.6 Å². The van der Waals surface area contributed by atoms with Crippen molar-refractivity contribution in [2.24, 2.45) is 0 Å². The molecule has 21 heavy (non-hydrogen) atoms. The quantitative estimate of drug-likeness (QED) is 0.639. The molecule has 0 aliphatic carbocycles. The fraction of sp³-hybridized carbons (Fsp3) is 0.182. The number of carboxylic acid groups (broad SMARTS) is 1. The van der Waals surface area contributed by atoms with Gasteiger partial charge >= 0.3 is 5.97 Å². The molecular formula is C11H9ClN4O4S. The maximum absolute atomic E-state index is 10.8. The van der Waals surface area contributed by atoms with Crippen molar-refractivity contribution in [3.8, 4) is 0 Å². The van der Waals surface area contributed by atoms with Crippen LogP contribution in [0.4, 0.5) is 11.5 Å². The largest absolute Gasteiger partial charge is 0.476 e. The lowest BCUT2D eigenvalue weighted by Gasteiger charge is -2.12. The smallest absolute Gasteiger partial charge is 0.355 e. The number of halogens is 1. The van der Waals surface area contributed by atoms with E-state index in [1.807, 2.05) is 0 Å². The molecule has 1 unspecified atom stereocenters. The van der Waals surface area contributed by atoms with Crippen molar-refractivity contribution in [2.45, 2.75) is 13.0 Å². The van der Waals surface area contributed by atoms with Gasteiger partial charge in [0.1, 0.15) is 17.0 Å². The van der Waals surface area contributed by atoms with Crippen LogP contribution < -0.4 is 5.32 Å². The number of anilines is 1. The normalized spacial score (nSPS) is 11.9. The number of aromatic nitrogens is 2. The highest BCUT2D eigenvalue weighted by Crippen LogP contribution is 2.28. The zero-order valence-corrected chi connectivity index (χ0v) is 12.2.